The average molecular weight is 422 g/mol. The third kappa shape index (κ3) is 6.52. The van der Waals surface area contributed by atoms with Crippen LogP contribution in [0.5, 0.6) is 0 Å². The van der Waals surface area contributed by atoms with Crippen molar-refractivity contribution < 1.29 is 13.2 Å². The monoisotopic (exact) mass is 421 g/mol. The lowest BCUT2D eigenvalue weighted by molar-refractivity contribution is -0.126. The first-order valence-electron chi connectivity index (χ1n) is 11.0. The highest BCUT2D eigenvalue weighted by molar-refractivity contribution is 7.89. The lowest BCUT2D eigenvalue weighted by Crippen LogP contribution is -2.47. The Balaban J connectivity index is 1.34. The van der Waals surface area contributed by atoms with Crippen molar-refractivity contribution in [2.45, 2.75) is 39.0 Å². The van der Waals surface area contributed by atoms with E-state index in [1.54, 1.807) is 6.92 Å². The van der Waals surface area contributed by atoms with E-state index in [1.165, 1.54) is 22.7 Å². The van der Waals surface area contributed by atoms with Crippen LogP contribution in [0.2, 0.25) is 0 Å². The topological polar surface area (TPSA) is 69.7 Å². The molecule has 7 heteroatoms. The van der Waals surface area contributed by atoms with Crippen molar-refractivity contribution in [1.29, 1.82) is 0 Å². The number of carbonyl (C=O) groups is 1. The Kier molecular flexibility index (Phi) is 8.09. The summed E-state index contributed by atoms with van der Waals surface area (Å²) >= 11 is 0. The summed E-state index contributed by atoms with van der Waals surface area (Å²) in [5, 5.41) is 3.04. The Bertz CT molecular complexity index is 746. The minimum Gasteiger partial charge on any atom is -0.355 e. The molecule has 3 rings (SSSR count). The number of nitrogens with one attached hydrogen (secondary N) is 1. The van der Waals surface area contributed by atoms with Crippen LogP contribution < -0.4 is 5.32 Å². The summed E-state index contributed by atoms with van der Waals surface area (Å²) in [5.41, 5.74) is 1.42. The molecule has 6 nitrogen and oxygen atoms in total. The van der Waals surface area contributed by atoms with Gasteiger partial charge >= 0.3 is 0 Å². The van der Waals surface area contributed by atoms with Crippen molar-refractivity contribution in [1.82, 2.24) is 14.5 Å². The molecule has 1 N–H and O–H groups in total. The Morgan fingerprint density at radius 1 is 1.10 bits per heavy atom. The van der Waals surface area contributed by atoms with Crippen LogP contribution >= 0.6 is 0 Å². The molecule has 1 aromatic carbocycles. The number of amides is 1. The fourth-order valence-electron chi connectivity index (χ4n) is 4.43. The van der Waals surface area contributed by atoms with Crippen molar-refractivity contribution in [2.75, 3.05) is 45.0 Å². The van der Waals surface area contributed by atoms with Crippen LogP contribution in [0, 0.1) is 11.8 Å². The zero-order valence-corrected chi connectivity index (χ0v) is 18.4. The Hall–Kier alpha value is -1.44. The summed E-state index contributed by atoms with van der Waals surface area (Å²) in [6, 6.07) is 10.7. The first-order valence-corrected chi connectivity index (χ1v) is 12.6. The van der Waals surface area contributed by atoms with Gasteiger partial charge < -0.3 is 10.2 Å². The fraction of sp³-hybridized carbons (Fsp3) is 0.682. The van der Waals surface area contributed by atoms with Crippen molar-refractivity contribution in [3.8, 4) is 0 Å². The highest BCUT2D eigenvalue weighted by Gasteiger charge is 2.31. The van der Waals surface area contributed by atoms with Gasteiger partial charge in [-0.2, -0.15) is 0 Å². The molecule has 2 aliphatic rings. The number of carbonyl (C=O) groups excluding carboxylic acids is 1. The molecule has 1 aromatic rings. The van der Waals surface area contributed by atoms with Gasteiger partial charge in [-0.1, -0.05) is 30.3 Å². The molecule has 0 aliphatic carbocycles. The molecule has 2 heterocycles. The predicted molar refractivity (Wildman–Crippen MR) is 116 cm³/mol. The van der Waals surface area contributed by atoms with Gasteiger partial charge in [0.15, 0.2) is 0 Å². The smallest absolute Gasteiger partial charge is 0.224 e. The third-order valence-corrected chi connectivity index (χ3v) is 8.16. The quantitative estimate of drug-likeness (QED) is 0.698. The summed E-state index contributed by atoms with van der Waals surface area (Å²) in [4.78, 5) is 14.9. The Morgan fingerprint density at radius 2 is 1.83 bits per heavy atom. The Labute approximate surface area is 175 Å². The van der Waals surface area contributed by atoms with E-state index < -0.39 is 10.0 Å². The Morgan fingerprint density at radius 3 is 2.52 bits per heavy atom. The molecule has 1 atom stereocenters. The van der Waals surface area contributed by atoms with E-state index in [4.69, 9.17) is 0 Å². The first kappa shape index (κ1) is 22.2. The van der Waals surface area contributed by atoms with Gasteiger partial charge in [-0.05, 0) is 63.6 Å². The predicted octanol–water partition coefficient (Wildman–Crippen LogP) is 2.12. The standard InChI is InChI=1S/C22H35N3O3S/c1-2-29(27,28)25-13-6-9-21(18-25)22(26)23-12-16-24-14-10-20(11-15-24)17-19-7-4-3-5-8-19/h3-5,7-8,20-21H,2,6,9-18H2,1H3,(H,23,26)/t21-/m1/s1. The normalized spacial score (nSPS) is 22.4. The van der Waals surface area contributed by atoms with Crippen LogP contribution in [0.3, 0.4) is 0 Å². The molecule has 2 saturated heterocycles. The lowest BCUT2D eigenvalue weighted by atomic mass is 9.90. The van der Waals surface area contributed by atoms with Crippen molar-refractivity contribution in [3.63, 3.8) is 0 Å². The summed E-state index contributed by atoms with van der Waals surface area (Å²) in [7, 11) is -3.21. The van der Waals surface area contributed by atoms with E-state index in [-0.39, 0.29) is 17.6 Å². The van der Waals surface area contributed by atoms with E-state index in [2.05, 4.69) is 40.5 Å². The van der Waals surface area contributed by atoms with Crippen LogP contribution in [-0.4, -0.2) is 68.6 Å². The minimum atomic E-state index is -3.21. The zero-order chi connectivity index (χ0) is 20.7. The lowest BCUT2D eigenvalue weighted by Gasteiger charge is -2.33. The molecular weight excluding hydrogens is 386 g/mol. The molecule has 1 amide bonds. The number of hydrogen-bond acceptors (Lipinski definition) is 4. The van der Waals surface area contributed by atoms with Gasteiger partial charge in [-0.15, -0.1) is 0 Å². The van der Waals surface area contributed by atoms with Gasteiger partial charge in [0, 0.05) is 26.2 Å². The van der Waals surface area contributed by atoms with Crippen molar-refractivity contribution in [3.05, 3.63) is 35.9 Å². The highest BCUT2D eigenvalue weighted by Crippen LogP contribution is 2.22. The van der Waals surface area contributed by atoms with E-state index in [1.807, 2.05) is 0 Å². The zero-order valence-electron chi connectivity index (χ0n) is 17.6. The van der Waals surface area contributed by atoms with Gasteiger partial charge in [-0.25, -0.2) is 12.7 Å². The fourth-order valence-corrected chi connectivity index (χ4v) is 5.61. The van der Waals surface area contributed by atoms with Gasteiger partial charge in [0.1, 0.15) is 0 Å². The summed E-state index contributed by atoms with van der Waals surface area (Å²) < 4.78 is 25.6. The maximum absolute atomic E-state index is 12.5. The van der Waals surface area contributed by atoms with Crippen LogP contribution in [-0.2, 0) is 21.2 Å². The molecule has 0 unspecified atom stereocenters. The molecule has 2 aliphatic heterocycles. The van der Waals surface area contributed by atoms with Crippen molar-refractivity contribution in [2.24, 2.45) is 11.8 Å². The molecule has 0 spiro atoms. The maximum Gasteiger partial charge on any atom is 0.224 e. The number of likely N-dealkylation sites (tertiary alicyclic amines) is 1. The van der Waals surface area contributed by atoms with Gasteiger partial charge in [-0.3, -0.25) is 4.79 Å². The number of benzene rings is 1. The van der Waals surface area contributed by atoms with Crippen LogP contribution in [0.25, 0.3) is 0 Å². The highest BCUT2D eigenvalue weighted by atomic mass is 32.2. The second-order valence-corrected chi connectivity index (χ2v) is 10.6. The SMILES string of the molecule is CCS(=O)(=O)N1CCC[C@@H](C(=O)NCCN2CCC(Cc3ccccc3)CC2)C1. The molecule has 0 aromatic heterocycles. The summed E-state index contributed by atoms with van der Waals surface area (Å²) in [6.07, 6.45) is 5.09. The minimum absolute atomic E-state index is 0.0000309. The van der Waals surface area contributed by atoms with Crippen LogP contribution in [0.15, 0.2) is 30.3 Å². The number of sulfonamides is 1. The number of rotatable bonds is 8. The van der Waals surface area contributed by atoms with Crippen LogP contribution in [0.4, 0.5) is 0 Å². The van der Waals surface area contributed by atoms with E-state index in [0.29, 0.717) is 19.6 Å². The molecule has 29 heavy (non-hydrogen) atoms. The molecular formula is C22H35N3O3S. The van der Waals surface area contributed by atoms with Crippen LogP contribution in [0.1, 0.15) is 38.2 Å². The van der Waals surface area contributed by atoms with E-state index in [0.717, 1.165) is 44.8 Å². The molecule has 0 radical (unpaired) electrons. The first-order chi connectivity index (χ1) is 14.0. The third-order valence-electron chi connectivity index (χ3n) is 6.31. The van der Waals surface area contributed by atoms with Gasteiger partial charge in [0.2, 0.25) is 15.9 Å². The van der Waals surface area contributed by atoms with Gasteiger partial charge in [0.25, 0.3) is 0 Å². The number of piperidine rings is 2. The summed E-state index contributed by atoms with van der Waals surface area (Å²) in [6.45, 7) is 6.19. The second-order valence-electron chi connectivity index (χ2n) is 8.36. The molecule has 0 saturated carbocycles. The van der Waals surface area contributed by atoms with E-state index >= 15 is 0 Å². The second kappa shape index (κ2) is 10.5. The summed E-state index contributed by atoms with van der Waals surface area (Å²) in [5.74, 6) is 0.625. The number of hydrogen-bond donors (Lipinski definition) is 1. The van der Waals surface area contributed by atoms with E-state index in [9.17, 15) is 13.2 Å². The largest absolute Gasteiger partial charge is 0.355 e. The molecule has 162 valence electrons. The molecule has 2 fully saturated rings. The average Bonchev–Trinajstić information content (AvgIpc) is 2.75. The van der Waals surface area contributed by atoms with Crippen molar-refractivity contribution >= 4 is 15.9 Å². The maximum atomic E-state index is 12.5. The van der Waals surface area contributed by atoms with Gasteiger partial charge in [0.05, 0.1) is 11.7 Å². The number of nitrogens with zero attached hydrogens (tertiary/aromatic N) is 2. The molecule has 0 bridgehead atoms.